The highest BCUT2D eigenvalue weighted by molar-refractivity contribution is 6.22. The van der Waals surface area contributed by atoms with Crippen LogP contribution in [0.25, 0.3) is 88.0 Å². The van der Waals surface area contributed by atoms with Crippen molar-refractivity contribution in [3.05, 3.63) is 237 Å². The summed E-state index contributed by atoms with van der Waals surface area (Å²) in [6.07, 6.45) is 0. The smallest absolute Gasteiger partial charge is 0.135 e. The molecule has 11 aromatic rings. The van der Waals surface area contributed by atoms with Crippen LogP contribution in [0.2, 0.25) is 0 Å². The van der Waals surface area contributed by atoms with Gasteiger partial charge >= 0.3 is 0 Å². The normalized spacial score (nSPS) is 12.0. The lowest BCUT2D eigenvalue weighted by Crippen LogP contribution is -2.13. The molecule has 1 heterocycles. The quantitative estimate of drug-likeness (QED) is 0.165. The minimum absolute atomic E-state index is 0.819. The average Bonchev–Trinajstić information content (AvgIpc) is 3.34. The average molecular weight is 790 g/mol. The summed E-state index contributed by atoms with van der Waals surface area (Å²) in [6, 6.07) is 85.5. The molecule has 0 aliphatic carbocycles. The Labute approximate surface area is 361 Å². The van der Waals surface area contributed by atoms with Crippen LogP contribution in [-0.2, 0) is 0 Å². The number of para-hydroxylation sites is 4. The van der Waals surface area contributed by atoms with Crippen LogP contribution in [-0.4, -0.2) is 0 Å². The molecule has 0 amide bonds. The molecule has 0 saturated carbocycles. The molecule has 2 heteroatoms. The molecule has 11 aromatic carbocycles. The van der Waals surface area contributed by atoms with Crippen LogP contribution in [0.5, 0.6) is 11.5 Å². The molecule has 0 atom stereocenters. The summed E-state index contributed by atoms with van der Waals surface area (Å²) >= 11 is 0. The fraction of sp³-hybridized carbons (Fsp3) is 0. The molecular weight excluding hydrogens is 751 g/mol. The zero-order valence-electron chi connectivity index (χ0n) is 33.9. The van der Waals surface area contributed by atoms with Crippen LogP contribution in [0.15, 0.2) is 237 Å². The van der Waals surface area contributed by atoms with Crippen LogP contribution in [0, 0.1) is 0 Å². The Morgan fingerprint density at radius 2 is 0.726 bits per heavy atom. The predicted molar refractivity (Wildman–Crippen MR) is 261 cm³/mol. The molecule has 1 aliphatic heterocycles. The molecule has 62 heavy (non-hydrogen) atoms. The van der Waals surface area contributed by atoms with Crippen molar-refractivity contribution in [2.45, 2.75) is 0 Å². The first-order chi connectivity index (χ1) is 30.8. The van der Waals surface area contributed by atoms with Gasteiger partial charge in [0.05, 0.1) is 11.4 Å². The van der Waals surface area contributed by atoms with Crippen molar-refractivity contribution in [3.8, 4) is 67.1 Å². The van der Waals surface area contributed by atoms with Gasteiger partial charge in [-0.1, -0.05) is 200 Å². The maximum atomic E-state index is 6.82. The summed E-state index contributed by atoms with van der Waals surface area (Å²) in [4.78, 5) is 2.45. The summed E-state index contributed by atoms with van der Waals surface area (Å²) < 4.78 is 6.82. The van der Waals surface area contributed by atoms with Gasteiger partial charge in [-0.3, -0.25) is 0 Å². The number of benzene rings is 11. The van der Waals surface area contributed by atoms with Gasteiger partial charge in [0.25, 0.3) is 0 Å². The molecule has 0 saturated heterocycles. The predicted octanol–water partition coefficient (Wildman–Crippen LogP) is 17.1. The van der Waals surface area contributed by atoms with E-state index in [0.29, 0.717) is 0 Å². The molecule has 0 fully saturated rings. The van der Waals surface area contributed by atoms with E-state index in [1.54, 1.807) is 0 Å². The van der Waals surface area contributed by atoms with E-state index in [9.17, 15) is 0 Å². The van der Waals surface area contributed by atoms with Gasteiger partial charge < -0.3 is 9.64 Å². The molecule has 2 nitrogen and oxygen atoms in total. The van der Waals surface area contributed by atoms with E-state index in [4.69, 9.17) is 4.74 Å². The van der Waals surface area contributed by atoms with Crippen LogP contribution in [0.3, 0.4) is 0 Å². The first kappa shape index (κ1) is 35.7. The highest BCUT2D eigenvalue weighted by Gasteiger charge is 2.26. The summed E-state index contributed by atoms with van der Waals surface area (Å²) in [6.45, 7) is 0. The standard InChI is InChI=1S/C60H39NO/c1-2-18-42(19-3-1)60-52-27-7-6-26-51(52)59(43-35-33-41(34-36-43)46-28-16-20-40-17-4-5-21-45(40)46)53-38-37-44(39-54(53)60)61-55-29-12-8-22-47(55)49-24-10-14-31-57(49)62-58-32-15-11-25-50(58)48-23-9-13-30-56(48)61/h1-39H. The van der Waals surface area contributed by atoms with Crippen LogP contribution < -0.4 is 9.64 Å². The summed E-state index contributed by atoms with van der Waals surface area (Å²) in [7, 11) is 0. The number of ether oxygens (including phenoxy) is 1. The first-order valence-electron chi connectivity index (χ1n) is 21.3. The van der Waals surface area contributed by atoms with Gasteiger partial charge in [0.1, 0.15) is 11.5 Å². The van der Waals surface area contributed by atoms with E-state index in [1.165, 1.54) is 65.7 Å². The van der Waals surface area contributed by atoms with Crippen LogP contribution in [0.4, 0.5) is 17.1 Å². The van der Waals surface area contributed by atoms with Gasteiger partial charge in [-0.15, -0.1) is 0 Å². The zero-order valence-corrected chi connectivity index (χ0v) is 33.9. The van der Waals surface area contributed by atoms with Crippen LogP contribution >= 0.6 is 0 Å². The Bertz CT molecular complexity index is 3400. The minimum Gasteiger partial charge on any atom is -0.456 e. The molecule has 0 aromatic heterocycles. The van der Waals surface area contributed by atoms with Crippen LogP contribution in [0.1, 0.15) is 0 Å². The Morgan fingerprint density at radius 1 is 0.274 bits per heavy atom. The second kappa shape index (κ2) is 14.8. The van der Waals surface area contributed by atoms with Gasteiger partial charge in [0.15, 0.2) is 0 Å². The number of nitrogens with zero attached hydrogens (tertiary/aromatic N) is 1. The lowest BCUT2D eigenvalue weighted by molar-refractivity contribution is 0.486. The van der Waals surface area contributed by atoms with E-state index in [-0.39, 0.29) is 0 Å². The Balaban J connectivity index is 1.14. The number of rotatable bonds is 4. The number of anilines is 3. The number of hydrogen-bond acceptors (Lipinski definition) is 2. The van der Waals surface area contributed by atoms with Gasteiger partial charge in [-0.25, -0.2) is 0 Å². The monoisotopic (exact) mass is 789 g/mol. The van der Waals surface area contributed by atoms with E-state index >= 15 is 0 Å². The molecule has 0 N–H and O–H groups in total. The molecule has 0 bridgehead atoms. The molecule has 290 valence electrons. The van der Waals surface area contributed by atoms with E-state index in [1.807, 2.05) is 0 Å². The van der Waals surface area contributed by atoms with Crippen molar-refractivity contribution in [1.82, 2.24) is 0 Å². The van der Waals surface area contributed by atoms with Crippen molar-refractivity contribution in [1.29, 1.82) is 0 Å². The number of hydrogen-bond donors (Lipinski definition) is 0. The third kappa shape index (κ3) is 5.88. The van der Waals surface area contributed by atoms with Crippen molar-refractivity contribution in [2.24, 2.45) is 0 Å². The second-order valence-corrected chi connectivity index (χ2v) is 16.0. The Morgan fingerprint density at radius 3 is 1.39 bits per heavy atom. The maximum Gasteiger partial charge on any atom is 0.135 e. The number of fused-ring (bicyclic) bond motifs is 9. The first-order valence-corrected chi connectivity index (χ1v) is 21.3. The van der Waals surface area contributed by atoms with Crippen molar-refractivity contribution < 1.29 is 4.74 Å². The van der Waals surface area contributed by atoms with Gasteiger partial charge in [-0.05, 0) is 102 Å². The molecule has 0 unspecified atom stereocenters. The van der Waals surface area contributed by atoms with Gasteiger partial charge in [0, 0.05) is 27.9 Å². The maximum absolute atomic E-state index is 6.82. The molecule has 12 rings (SSSR count). The molecule has 1 aliphatic rings. The van der Waals surface area contributed by atoms with E-state index in [0.717, 1.165) is 50.8 Å². The third-order valence-electron chi connectivity index (χ3n) is 12.5. The van der Waals surface area contributed by atoms with Crippen molar-refractivity contribution >= 4 is 49.4 Å². The van der Waals surface area contributed by atoms with Gasteiger partial charge in [0.2, 0.25) is 0 Å². The Kier molecular flexibility index (Phi) is 8.53. The summed E-state index contributed by atoms with van der Waals surface area (Å²) in [5.41, 5.74) is 14.7. The molecular formula is C60H39NO. The van der Waals surface area contributed by atoms with E-state index < -0.39 is 0 Å². The lowest BCUT2D eigenvalue weighted by Gasteiger charge is -2.32. The zero-order chi connectivity index (χ0) is 41.0. The third-order valence-corrected chi connectivity index (χ3v) is 12.5. The van der Waals surface area contributed by atoms with Crippen molar-refractivity contribution in [2.75, 3.05) is 4.90 Å². The molecule has 0 radical (unpaired) electrons. The summed E-state index contributed by atoms with van der Waals surface area (Å²) in [5.74, 6) is 1.64. The highest BCUT2D eigenvalue weighted by atomic mass is 16.5. The fourth-order valence-corrected chi connectivity index (χ4v) is 9.70. The SMILES string of the molecule is c1ccc(-c2c3ccccc3c(-c3ccc(-c4cccc5ccccc45)cc3)c3ccc(N4c5ccccc5-c5ccccc5Oc5ccccc5-c5ccccc54)cc23)cc1. The second-order valence-electron chi connectivity index (χ2n) is 16.0. The minimum atomic E-state index is 0.819. The summed E-state index contributed by atoms with van der Waals surface area (Å²) in [5, 5.41) is 7.35. The van der Waals surface area contributed by atoms with E-state index in [2.05, 4.69) is 241 Å². The fourth-order valence-electron chi connectivity index (χ4n) is 9.70. The van der Waals surface area contributed by atoms with Crippen molar-refractivity contribution in [3.63, 3.8) is 0 Å². The largest absolute Gasteiger partial charge is 0.456 e. The lowest BCUT2D eigenvalue weighted by atomic mass is 9.85. The Hall–Kier alpha value is -8.20. The highest BCUT2D eigenvalue weighted by Crippen LogP contribution is 2.52. The van der Waals surface area contributed by atoms with Gasteiger partial charge in [-0.2, -0.15) is 0 Å². The topological polar surface area (TPSA) is 12.5 Å². The molecule has 0 spiro atoms.